The number of aryl methyl sites for hydroxylation is 1. The van der Waals surface area contributed by atoms with E-state index in [9.17, 15) is 13.2 Å². The minimum atomic E-state index is -4.43. The molecule has 1 aliphatic carbocycles. The van der Waals surface area contributed by atoms with Crippen LogP contribution in [0.2, 0.25) is 10.0 Å². The minimum Gasteiger partial charge on any atom is -0.316 e. The molecule has 0 unspecified atom stereocenters. The van der Waals surface area contributed by atoms with Crippen LogP contribution in [-0.2, 0) is 18.1 Å². The maximum absolute atomic E-state index is 13.0. The van der Waals surface area contributed by atoms with Crippen LogP contribution in [0.4, 0.5) is 13.2 Å². The van der Waals surface area contributed by atoms with E-state index >= 15 is 0 Å². The van der Waals surface area contributed by atoms with Crippen molar-refractivity contribution in [2.24, 2.45) is 5.41 Å². The largest absolute Gasteiger partial charge is 0.435 e. The maximum Gasteiger partial charge on any atom is 0.435 e. The second-order valence-corrected chi connectivity index (χ2v) is 8.24. The van der Waals surface area contributed by atoms with E-state index in [4.69, 9.17) is 23.2 Å². The lowest BCUT2D eigenvalue weighted by Crippen LogP contribution is -2.41. The maximum atomic E-state index is 13.0. The topological polar surface area (TPSA) is 29.9 Å². The average molecular weight is 404 g/mol. The van der Waals surface area contributed by atoms with Gasteiger partial charge in [0.25, 0.3) is 0 Å². The molecule has 2 atom stereocenters. The molecule has 1 aromatic carbocycles. The molecule has 2 heterocycles. The van der Waals surface area contributed by atoms with Crippen LogP contribution in [0.3, 0.4) is 0 Å². The zero-order chi connectivity index (χ0) is 18.7. The second-order valence-electron chi connectivity index (χ2n) is 7.42. The fourth-order valence-electron chi connectivity index (χ4n) is 4.45. The summed E-state index contributed by atoms with van der Waals surface area (Å²) in [6, 6.07) is 6.78. The Bertz CT molecular complexity index is 864. The Hall–Kier alpha value is -1.24. The van der Waals surface area contributed by atoms with Gasteiger partial charge in [-0.25, -0.2) is 0 Å². The predicted molar refractivity (Wildman–Crippen MR) is 94.6 cm³/mol. The summed E-state index contributed by atoms with van der Waals surface area (Å²) in [5, 5.41) is 8.22. The molecule has 1 aromatic heterocycles. The number of hydrogen-bond acceptors (Lipinski definition) is 2. The first-order valence-electron chi connectivity index (χ1n) is 8.45. The third-order valence-electron chi connectivity index (χ3n) is 5.92. The zero-order valence-electron chi connectivity index (χ0n) is 14.1. The van der Waals surface area contributed by atoms with Gasteiger partial charge in [-0.3, -0.25) is 4.68 Å². The highest BCUT2D eigenvalue weighted by Crippen LogP contribution is 2.68. The van der Waals surface area contributed by atoms with Crippen molar-refractivity contribution in [3.8, 4) is 0 Å². The number of alkyl halides is 3. The molecule has 1 aliphatic heterocycles. The molecule has 8 heteroatoms. The van der Waals surface area contributed by atoms with Crippen molar-refractivity contribution in [3.05, 3.63) is 51.3 Å². The standard InChI is InChI=1S/C18H18Cl2F3N3/c1-11-6-15(18(21,22)23)25-26(11)10-16-8-17(16,4-5-24-9-16)12-2-3-13(19)14(20)7-12/h2-3,6-7,24H,4-5,8-10H2,1H3/t16-,17-/m1/s1. The molecule has 3 nitrogen and oxygen atoms in total. The Morgan fingerprint density at radius 2 is 2.00 bits per heavy atom. The molecule has 1 saturated heterocycles. The summed E-state index contributed by atoms with van der Waals surface area (Å²) in [5.74, 6) is 0. The van der Waals surface area contributed by atoms with Gasteiger partial charge in [0.15, 0.2) is 5.69 Å². The van der Waals surface area contributed by atoms with Gasteiger partial charge in [0.1, 0.15) is 0 Å². The van der Waals surface area contributed by atoms with E-state index in [1.54, 1.807) is 13.0 Å². The fourth-order valence-corrected chi connectivity index (χ4v) is 4.75. The minimum absolute atomic E-state index is 0.0940. The third-order valence-corrected chi connectivity index (χ3v) is 6.66. The Kier molecular flexibility index (Phi) is 4.10. The van der Waals surface area contributed by atoms with Gasteiger partial charge in [-0.2, -0.15) is 18.3 Å². The van der Waals surface area contributed by atoms with E-state index in [1.807, 2.05) is 12.1 Å². The van der Waals surface area contributed by atoms with Crippen LogP contribution in [0.25, 0.3) is 0 Å². The molecule has 0 radical (unpaired) electrons. The van der Waals surface area contributed by atoms with Crippen molar-refractivity contribution >= 4 is 23.2 Å². The smallest absolute Gasteiger partial charge is 0.316 e. The molecule has 0 bridgehead atoms. The van der Waals surface area contributed by atoms with Gasteiger partial charge in [0.2, 0.25) is 0 Å². The zero-order valence-corrected chi connectivity index (χ0v) is 15.6. The first kappa shape index (κ1) is 18.1. The van der Waals surface area contributed by atoms with Crippen LogP contribution in [0.15, 0.2) is 24.3 Å². The van der Waals surface area contributed by atoms with Crippen molar-refractivity contribution in [3.63, 3.8) is 0 Å². The van der Waals surface area contributed by atoms with Crippen LogP contribution in [0.5, 0.6) is 0 Å². The van der Waals surface area contributed by atoms with E-state index in [1.165, 1.54) is 4.68 Å². The number of nitrogens with zero attached hydrogens (tertiary/aromatic N) is 2. The first-order chi connectivity index (χ1) is 12.2. The highest BCUT2D eigenvalue weighted by atomic mass is 35.5. The van der Waals surface area contributed by atoms with Crippen LogP contribution in [-0.4, -0.2) is 22.9 Å². The molecule has 0 amide bonds. The van der Waals surface area contributed by atoms with Gasteiger partial charge in [-0.05, 0) is 50.1 Å². The summed E-state index contributed by atoms with van der Waals surface area (Å²) in [4.78, 5) is 0. The van der Waals surface area contributed by atoms with Crippen molar-refractivity contribution in [1.82, 2.24) is 15.1 Å². The summed E-state index contributed by atoms with van der Waals surface area (Å²) in [6.45, 7) is 3.72. The van der Waals surface area contributed by atoms with Crippen molar-refractivity contribution in [2.75, 3.05) is 13.1 Å². The molecule has 1 N–H and O–H groups in total. The van der Waals surface area contributed by atoms with E-state index < -0.39 is 11.9 Å². The molecular formula is C18H18Cl2F3N3. The van der Waals surface area contributed by atoms with Crippen molar-refractivity contribution in [1.29, 1.82) is 0 Å². The number of nitrogens with one attached hydrogen (secondary N) is 1. The van der Waals surface area contributed by atoms with Crippen LogP contribution < -0.4 is 5.32 Å². The molecule has 2 aromatic rings. The summed E-state index contributed by atoms with van der Waals surface area (Å²) in [7, 11) is 0. The average Bonchev–Trinajstić information content (AvgIpc) is 3.11. The molecule has 2 aliphatic rings. The summed E-state index contributed by atoms with van der Waals surface area (Å²) in [6.07, 6.45) is -2.62. The van der Waals surface area contributed by atoms with Crippen LogP contribution in [0.1, 0.15) is 29.8 Å². The van der Waals surface area contributed by atoms with Gasteiger partial charge in [0.05, 0.1) is 10.0 Å². The lowest BCUT2D eigenvalue weighted by atomic mass is 9.81. The highest BCUT2D eigenvalue weighted by Gasteiger charge is 2.68. The molecule has 2 fully saturated rings. The number of benzene rings is 1. The summed E-state index contributed by atoms with van der Waals surface area (Å²) in [5.41, 5.74) is 0.531. The SMILES string of the molecule is Cc1cc(C(F)(F)F)nn1C[C@@]12CNCC[C@]1(c1ccc(Cl)c(Cl)c1)C2. The summed E-state index contributed by atoms with van der Waals surface area (Å²) < 4.78 is 40.4. The van der Waals surface area contributed by atoms with Gasteiger partial charge >= 0.3 is 6.18 Å². The predicted octanol–water partition coefficient (Wildman–Crippen LogP) is 4.84. The van der Waals surface area contributed by atoms with Gasteiger partial charge < -0.3 is 5.32 Å². The molecular weight excluding hydrogens is 386 g/mol. The summed E-state index contributed by atoms with van der Waals surface area (Å²) >= 11 is 12.3. The number of piperidine rings is 1. The number of rotatable bonds is 3. The molecule has 4 rings (SSSR count). The van der Waals surface area contributed by atoms with Gasteiger partial charge in [0, 0.05) is 29.6 Å². The molecule has 1 saturated carbocycles. The number of fused-ring (bicyclic) bond motifs is 1. The van der Waals surface area contributed by atoms with E-state index in [-0.39, 0.29) is 10.8 Å². The second kappa shape index (κ2) is 5.88. The monoisotopic (exact) mass is 403 g/mol. The molecule has 0 spiro atoms. The quantitative estimate of drug-likeness (QED) is 0.794. The van der Waals surface area contributed by atoms with E-state index in [0.717, 1.165) is 37.6 Å². The Morgan fingerprint density at radius 1 is 1.23 bits per heavy atom. The molecule has 140 valence electrons. The first-order valence-corrected chi connectivity index (χ1v) is 9.20. The number of hydrogen-bond donors (Lipinski definition) is 1. The van der Waals surface area contributed by atoms with Crippen molar-refractivity contribution < 1.29 is 13.2 Å². The van der Waals surface area contributed by atoms with Crippen LogP contribution in [0, 0.1) is 12.3 Å². The van der Waals surface area contributed by atoms with Crippen molar-refractivity contribution in [2.45, 2.75) is 37.9 Å². The van der Waals surface area contributed by atoms with Crippen LogP contribution >= 0.6 is 23.2 Å². The fraction of sp³-hybridized carbons (Fsp3) is 0.500. The number of aromatic nitrogens is 2. The van der Waals surface area contributed by atoms with E-state index in [2.05, 4.69) is 10.4 Å². The Balaban J connectivity index is 1.68. The normalized spacial score (nSPS) is 28.1. The third kappa shape index (κ3) is 2.74. The molecule has 26 heavy (non-hydrogen) atoms. The van der Waals surface area contributed by atoms with Gasteiger partial charge in [-0.15, -0.1) is 0 Å². The lowest BCUT2D eigenvalue weighted by Gasteiger charge is -2.32. The Morgan fingerprint density at radius 3 is 2.65 bits per heavy atom. The highest BCUT2D eigenvalue weighted by molar-refractivity contribution is 6.42. The van der Waals surface area contributed by atoms with Gasteiger partial charge in [-0.1, -0.05) is 29.3 Å². The Labute approximate surface area is 159 Å². The lowest BCUT2D eigenvalue weighted by molar-refractivity contribution is -0.141. The number of halogens is 5. The van der Waals surface area contributed by atoms with E-state index in [0.29, 0.717) is 22.3 Å².